The molecule has 0 fully saturated rings. The summed E-state index contributed by atoms with van der Waals surface area (Å²) in [6.45, 7) is 0.513. The van der Waals surface area contributed by atoms with Gasteiger partial charge in [-0.25, -0.2) is 4.79 Å². The van der Waals surface area contributed by atoms with Crippen LogP contribution in [0.1, 0.15) is 16.1 Å². The Balaban J connectivity index is 2.23. The molecule has 0 aliphatic carbocycles. The third-order valence-electron chi connectivity index (χ3n) is 3.82. The normalized spacial score (nSPS) is 10.8. The number of carbonyl (C=O) groups is 1. The van der Waals surface area contributed by atoms with Crippen molar-refractivity contribution in [3.8, 4) is 5.75 Å². The van der Waals surface area contributed by atoms with Gasteiger partial charge in [0.1, 0.15) is 0 Å². The first kappa shape index (κ1) is 16.9. The molecule has 0 bridgehead atoms. The van der Waals surface area contributed by atoms with Crippen LogP contribution >= 0.6 is 27.5 Å². The molecule has 0 spiro atoms. The van der Waals surface area contributed by atoms with Crippen molar-refractivity contribution in [2.24, 2.45) is 0 Å². The van der Waals surface area contributed by atoms with Crippen molar-refractivity contribution in [2.45, 2.75) is 6.54 Å². The maximum Gasteiger partial charge on any atom is 0.358 e. The van der Waals surface area contributed by atoms with Gasteiger partial charge in [-0.15, -0.1) is 0 Å². The molecule has 1 heterocycles. The zero-order valence-corrected chi connectivity index (χ0v) is 15.5. The number of aromatic nitrogens is 1. The van der Waals surface area contributed by atoms with Crippen molar-refractivity contribution in [2.75, 3.05) is 14.2 Å². The van der Waals surface area contributed by atoms with E-state index in [1.807, 2.05) is 34.9 Å². The van der Waals surface area contributed by atoms with Crippen LogP contribution in [0.4, 0.5) is 0 Å². The monoisotopic (exact) mass is 407 g/mol. The summed E-state index contributed by atoms with van der Waals surface area (Å²) in [7, 11) is 2.89. The summed E-state index contributed by atoms with van der Waals surface area (Å²) in [6.07, 6.45) is 0. The maximum atomic E-state index is 12.3. The van der Waals surface area contributed by atoms with Crippen molar-refractivity contribution < 1.29 is 14.3 Å². The van der Waals surface area contributed by atoms with Gasteiger partial charge in [-0.1, -0.05) is 39.7 Å². The van der Waals surface area contributed by atoms with Gasteiger partial charge in [-0.3, -0.25) is 0 Å². The second kappa shape index (κ2) is 6.87. The van der Waals surface area contributed by atoms with Crippen LogP contribution in [-0.4, -0.2) is 24.8 Å². The van der Waals surface area contributed by atoms with Gasteiger partial charge in [-0.2, -0.15) is 0 Å². The second-order valence-electron chi connectivity index (χ2n) is 5.25. The van der Waals surface area contributed by atoms with Crippen LogP contribution in [-0.2, 0) is 11.3 Å². The van der Waals surface area contributed by atoms with Crippen LogP contribution in [0, 0.1) is 0 Å². The zero-order valence-electron chi connectivity index (χ0n) is 13.2. The SMILES string of the molecule is COC(=O)c1c(OC)c2cc(Cl)ccc2n1Cc1ccc(Br)cc1. The highest BCUT2D eigenvalue weighted by Crippen LogP contribution is 2.36. The van der Waals surface area contributed by atoms with Crippen molar-refractivity contribution >= 4 is 44.4 Å². The third-order valence-corrected chi connectivity index (χ3v) is 4.58. The molecule has 3 rings (SSSR count). The summed E-state index contributed by atoms with van der Waals surface area (Å²) in [5, 5.41) is 1.36. The average Bonchev–Trinajstić information content (AvgIpc) is 2.88. The lowest BCUT2D eigenvalue weighted by molar-refractivity contribution is 0.0585. The molecule has 24 heavy (non-hydrogen) atoms. The number of ether oxygens (including phenoxy) is 2. The Bertz CT molecular complexity index is 903. The van der Waals surface area contributed by atoms with Crippen LogP contribution in [0.3, 0.4) is 0 Å². The van der Waals surface area contributed by atoms with E-state index < -0.39 is 5.97 Å². The molecule has 124 valence electrons. The summed E-state index contributed by atoms with van der Waals surface area (Å²) in [5.74, 6) is 0.0211. The number of carbonyl (C=O) groups excluding carboxylic acids is 1. The number of nitrogens with zero attached hydrogens (tertiary/aromatic N) is 1. The first-order valence-corrected chi connectivity index (χ1v) is 8.40. The van der Waals surface area contributed by atoms with E-state index in [1.165, 1.54) is 14.2 Å². The number of methoxy groups -OCH3 is 2. The van der Waals surface area contributed by atoms with E-state index in [9.17, 15) is 4.79 Å². The highest BCUT2D eigenvalue weighted by Gasteiger charge is 2.24. The van der Waals surface area contributed by atoms with E-state index in [0.717, 1.165) is 20.9 Å². The Morgan fingerprint density at radius 1 is 1.17 bits per heavy atom. The van der Waals surface area contributed by atoms with Crippen LogP contribution < -0.4 is 4.74 Å². The standard InChI is InChI=1S/C18H15BrClNO3/c1-23-17-14-9-13(20)7-8-15(14)21(16(17)18(22)24-2)10-11-3-5-12(19)6-4-11/h3-9H,10H2,1-2H3. The van der Waals surface area contributed by atoms with Crippen LogP contribution in [0.5, 0.6) is 5.75 Å². The first-order valence-electron chi connectivity index (χ1n) is 7.23. The van der Waals surface area contributed by atoms with E-state index in [-0.39, 0.29) is 0 Å². The van der Waals surface area contributed by atoms with Gasteiger partial charge in [0.2, 0.25) is 0 Å². The van der Waals surface area contributed by atoms with Crippen LogP contribution in [0.2, 0.25) is 5.02 Å². The number of esters is 1. The quantitative estimate of drug-likeness (QED) is 0.576. The van der Waals surface area contributed by atoms with Crippen molar-refractivity contribution in [3.05, 3.63) is 63.2 Å². The summed E-state index contributed by atoms with van der Waals surface area (Å²) in [4.78, 5) is 12.3. The zero-order chi connectivity index (χ0) is 17.3. The summed E-state index contributed by atoms with van der Waals surface area (Å²) < 4.78 is 13.3. The van der Waals surface area contributed by atoms with Crippen LogP contribution in [0.25, 0.3) is 10.9 Å². The van der Waals surface area contributed by atoms with Gasteiger partial charge in [0.25, 0.3) is 0 Å². The Kier molecular flexibility index (Phi) is 4.83. The Morgan fingerprint density at radius 2 is 1.88 bits per heavy atom. The molecule has 4 nitrogen and oxygen atoms in total. The number of halogens is 2. The van der Waals surface area contributed by atoms with Gasteiger partial charge < -0.3 is 14.0 Å². The Labute approximate surface area is 153 Å². The topological polar surface area (TPSA) is 40.5 Å². The number of fused-ring (bicyclic) bond motifs is 1. The van der Waals surface area contributed by atoms with E-state index in [0.29, 0.717) is 23.0 Å². The molecule has 0 amide bonds. The summed E-state index contributed by atoms with van der Waals surface area (Å²) >= 11 is 9.54. The van der Waals surface area contributed by atoms with Gasteiger partial charge in [0.15, 0.2) is 11.4 Å². The predicted octanol–water partition coefficient (Wildman–Crippen LogP) is 4.90. The predicted molar refractivity (Wildman–Crippen MR) is 98.1 cm³/mol. The molecule has 0 saturated heterocycles. The second-order valence-corrected chi connectivity index (χ2v) is 6.60. The highest BCUT2D eigenvalue weighted by molar-refractivity contribution is 9.10. The van der Waals surface area contributed by atoms with Crippen molar-refractivity contribution in [3.63, 3.8) is 0 Å². The van der Waals surface area contributed by atoms with E-state index in [2.05, 4.69) is 15.9 Å². The minimum absolute atomic E-state index is 0.375. The van der Waals surface area contributed by atoms with Crippen molar-refractivity contribution in [1.82, 2.24) is 4.57 Å². The molecule has 0 aliphatic rings. The van der Waals surface area contributed by atoms with E-state index >= 15 is 0 Å². The summed E-state index contributed by atoms with van der Waals surface area (Å²) in [5.41, 5.74) is 2.29. The average molecular weight is 409 g/mol. The number of benzene rings is 2. The number of hydrogen-bond acceptors (Lipinski definition) is 3. The van der Waals surface area contributed by atoms with Gasteiger partial charge >= 0.3 is 5.97 Å². The van der Waals surface area contributed by atoms with Gasteiger partial charge in [0.05, 0.1) is 19.7 Å². The lowest BCUT2D eigenvalue weighted by atomic mass is 10.2. The third kappa shape index (κ3) is 3.01. The Hall–Kier alpha value is -1.98. The fourth-order valence-electron chi connectivity index (χ4n) is 2.74. The lowest BCUT2D eigenvalue weighted by Gasteiger charge is -2.10. The minimum atomic E-state index is -0.448. The molecule has 0 radical (unpaired) electrons. The van der Waals surface area contributed by atoms with E-state index in [4.69, 9.17) is 21.1 Å². The van der Waals surface area contributed by atoms with Gasteiger partial charge in [0, 0.05) is 21.4 Å². The van der Waals surface area contributed by atoms with Gasteiger partial charge in [-0.05, 0) is 35.9 Å². The molecule has 2 aromatic carbocycles. The van der Waals surface area contributed by atoms with Crippen molar-refractivity contribution in [1.29, 1.82) is 0 Å². The number of hydrogen-bond donors (Lipinski definition) is 0. The molecule has 6 heteroatoms. The molecule has 0 aliphatic heterocycles. The molecule has 0 N–H and O–H groups in total. The fourth-order valence-corrected chi connectivity index (χ4v) is 3.18. The molecule has 1 aromatic heterocycles. The fraction of sp³-hybridized carbons (Fsp3) is 0.167. The van der Waals surface area contributed by atoms with E-state index in [1.54, 1.807) is 12.1 Å². The Morgan fingerprint density at radius 3 is 2.50 bits per heavy atom. The number of rotatable bonds is 4. The van der Waals surface area contributed by atoms with Crippen LogP contribution in [0.15, 0.2) is 46.9 Å². The molecule has 0 saturated carbocycles. The molecule has 0 atom stereocenters. The molecule has 0 unspecified atom stereocenters. The smallest absolute Gasteiger partial charge is 0.358 e. The highest BCUT2D eigenvalue weighted by atomic mass is 79.9. The lowest BCUT2D eigenvalue weighted by Crippen LogP contribution is -2.12. The summed E-state index contributed by atoms with van der Waals surface area (Å²) in [6, 6.07) is 13.4. The molecule has 3 aromatic rings. The molecular formula is C18H15BrClNO3. The largest absolute Gasteiger partial charge is 0.494 e. The maximum absolute atomic E-state index is 12.3. The minimum Gasteiger partial charge on any atom is -0.494 e. The first-order chi connectivity index (χ1) is 11.5. The molecular weight excluding hydrogens is 394 g/mol.